The number of anilines is 1. The normalized spacial score (nSPS) is 20.1. The van der Waals surface area contributed by atoms with E-state index in [0.29, 0.717) is 24.5 Å². The summed E-state index contributed by atoms with van der Waals surface area (Å²) in [7, 11) is 0. The molecule has 4 aromatic carbocycles. The standard InChI is InChI=1S/C32H27BrN2O/c33-25-14-8-23(9-15-25)21-36-27-18-10-22(11-19-27)20-34-26-16-12-24(13-17-26)32-30-6-3-5-28(30)29-4-1-2-7-31(29)35-32/h1-5,7-20,28,30,32,35H,6,21H2/t28-,30-,32+/m1/s1. The lowest BCUT2D eigenvalue weighted by Gasteiger charge is -2.37. The van der Waals surface area contributed by atoms with Crippen molar-refractivity contribution < 1.29 is 4.74 Å². The Bertz CT molecular complexity index is 1390. The number of fused-ring (bicyclic) bond motifs is 3. The lowest BCUT2D eigenvalue weighted by Crippen LogP contribution is -2.28. The van der Waals surface area contributed by atoms with E-state index in [1.807, 2.05) is 42.6 Å². The molecule has 0 aromatic heterocycles. The molecule has 0 saturated carbocycles. The average Bonchev–Trinajstić information content (AvgIpc) is 3.43. The van der Waals surface area contributed by atoms with Gasteiger partial charge in [-0.2, -0.15) is 0 Å². The van der Waals surface area contributed by atoms with Crippen LogP contribution in [0.15, 0.2) is 119 Å². The van der Waals surface area contributed by atoms with Gasteiger partial charge in [-0.1, -0.05) is 70.5 Å². The van der Waals surface area contributed by atoms with Gasteiger partial charge in [0, 0.05) is 22.3 Å². The molecule has 2 aliphatic rings. The van der Waals surface area contributed by atoms with E-state index in [-0.39, 0.29) is 0 Å². The summed E-state index contributed by atoms with van der Waals surface area (Å²) in [6.45, 7) is 0.548. The van der Waals surface area contributed by atoms with Gasteiger partial charge in [0.25, 0.3) is 0 Å². The molecule has 6 rings (SSSR count). The van der Waals surface area contributed by atoms with Crippen molar-refractivity contribution in [2.45, 2.75) is 25.0 Å². The van der Waals surface area contributed by atoms with Crippen molar-refractivity contribution in [3.63, 3.8) is 0 Å². The zero-order valence-electron chi connectivity index (χ0n) is 19.8. The number of rotatable bonds is 6. The van der Waals surface area contributed by atoms with Crippen LogP contribution in [0, 0.1) is 5.92 Å². The highest BCUT2D eigenvalue weighted by Gasteiger charge is 2.37. The van der Waals surface area contributed by atoms with Gasteiger partial charge >= 0.3 is 0 Å². The van der Waals surface area contributed by atoms with Crippen LogP contribution in [0.3, 0.4) is 0 Å². The largest absolute Gasteiger partial charge is 0.489 e. The Morgan fingerprint density at radius 3 is 2.47 bits per heavy atom. The van der Waals surface area contributed by atoms with Crippen molar-refractivity contribution in [2.24, 2.45) is 10.9 Å². The van der Waals surface area contributed by atoms with E-state index in [9.17, 15) is 0 Å². The lowest BCUT2D eigenvalue weighted by molar-refractivity contribution is 0.306. The highest BCUT2D eigenvalue weighted by atomic mass is 79.9. The van der Waals surface area contributed by atoms with Crippen LogP contribution in [-0.4, -0.2) is 6.21 Å². The first-order chi connectivity index (χ1) is 17.7. The third-order valence-corrected chi connectivity index (χ3v) is 7.61. The molecule has 1 aliphatic heterocycles. The average molecular weight is 535 g/mol. The zero-order valence-corrected chi connectivity index (χ0v) is 21.4. The molecule has 0 amide bonds. The number of nitrogens with zero attached hydrogens (tertiary/aromatic N) is 1. The summed E-state index contributed by atoms with van der Waals surface area (Å²) < 4.78 is 6.97. The fourth-order valence-electron chi connectivity index (χ4n) is 5.19. The topological polar surface area (TPSA) is 33.6 Å². The third-order valence-electron chi connectivity index (χ3n) is 7.09. The minimum atomic E-state index is 0.308. The van der Waals surface area contributed by atoms with E-state index in [4.69, 9.17) is 9.73 Å². The van der Waals surface area contributed by atoms with Gasteiger partial charge in [-0.3, -0.25) is 4.99 Å². The molecule has 0 spiro atoms. The summed E-state index contributed by atoms with van der Waals surface area (Å²) in [5.41, 5.74) is 7.11. The van der Waals surface area contributed by atoms with Crippen molar-refractivity contribution in [2.75, 3.05) is 5.32 Å². The molecular formula is C32H27BrN2O. The first-order valence-corrected chi connectivity index (χ1v) is 13.2. The molecule has 3 nitrogen and oxygen atoms in total. The fourth-order valence-corrected chi connectivity index (χ4v) is 5.45. The van der Waals surface area contributed by atoms with Crippen LogP contribution in [0.4, 0.5) is 11.4 Å². The molecule has 0 radical (unpaired) electrons. The Kier molecular flexibility index (Phi) is 6.44. The molecule has 0 saturated heterocycles. The maximum Gasteiger partial charge on any atom is 0.119 e. The number of allylic oxidation sites excluding steroid dienone is 2. The van der Waals surface area contributed by atoms with Gasteiger partial charge < -0.3 is 10.1 Å². The summed E-state index contributed by atoms with van der Waals surface area (Å²) in [5.74, 6) is 1.89. The maximum absolute atomic E-state index is 5.90. The third kappa shape index (κ3) is 4.87. The highest BCUT2D eigenvalue weighted by Crippen LogP contribution is 2.49. The van der Waals surface area contributed by atoms with E-state index >= 15 is 0 Å². The van der Waals surface area contributed by atoms with Crippen molar-refractivity contribution in [1.29, 1.82) is 0 Å². The second-order valence-electron chi connectivity index (χ2n) is 9.40. The van der Waals surface area contributed by atoms with Gasteiger partial charge in [0.05, 0.1) is 11.7 Å². The first kappa shape index (κ1) is 22.8. The van der Waals surface area contributed by atoms with Gasteiger partial charge in [-0.25, -0.2) is 0 Å². The Balaban J connectivity index is 1.10. The molecule has 1 aliphatic carbocycles. The predicted molar refractivity (Wildman–Crippen MR) is 151 cm³/mol. The Labute approximate surface area is 220 Å². The summed E-state index contributed by atoms with van der Waals surface area (Å²) in [6.07, 6.45) is 7.73. The number of aliphatic imine (C=N–C) groups is 1. The number of nitrogens with one attached hydrogen (secondary N) is 1. The molecule has 0 bridgehead atoms. The molecule has 178 valence electrons. The Morgan fingerprint density at radius 1 is 0.889 bits per heavy atom. The molecule has 4 heteroatoms. The van der Waals surface area contributed by atoms with E-state index in [0.717, 1.165) is 33.5 Å². The zero-order chi connectivity index (χ0) is 24.3. The van der Waals surface area contributed by atoms with E-state index in [2.05, 4.69) is 94.1 Å². The first-order valence-electron chi connectivity index (χ1n) is 12.4. The summed E-state index contributed by atoms with van der Waals surface area (Å²) in [5, 5.41) is 3.80. The molecule has 36 heavy (non-hydrogen) atoms. The summed E-state index contributed by atoms with van der Waals surface area (Å²) >= 11 is 3.46. The highest BCUT2D eigenvalue weighted by molar-refractivity contribution is 9.10. The smallest absolute Gasteiger partial charge is 0.119 e. The monoisotopic (exact) mass is 534 g/mol. The second-order valence-corrected chi connectivity index (χ2v) is 10.3. The van der Waals surface area contributed by atoms with Crippen LogP contribution < -0.4 is 10.1 Å². The van der Waals surface area contributed by atoms with Crippen LogP contribution in [0.25, 0.3) is 0 Å². The van der Waals surface area contributed by atoms with E-state index in [1.54, 1.807) is 0 Å². The fraction of sp³-hybridized carbons (Fsp3) is 0.156. The van der Waals surface area contributed by atoms with Crippen LogP contribution in [0.2, 0.25) is 0 Å². The minimum Gasteiger partial charge on any atom is -0.489 e. The minimum absolute atomic E-state index is 0.308. The van der Waals surface area contributed by atoms with Gasteiger partial charge in [0.1, 0.15) is 12.4 Å². The van der Waals surface area contributed by atoms with Gasteiger partial charge in [0.15, 0.2) is 0 Å². The van der Waals surface area contributed by atoms with Crippen molar-refractivity contribution in [1.82, 2.24) is 0 Å². The number of halogens is 1. The van der Waals surface area contributed by atoms with Crippen molar-refractivity contribution in [3.05, 3.63) is 136 Å². The van der Waals surface area contributed by atoms with Gasteiger partial charge in [-0.05, 0) is 89.2 Å². The predicted octanol–water partition coefficient (Wildman–Crippen LogP) is 8.61. The summed E-state index contributed by atoms with van der Waals surface area (Å²) in [4.78, 5) is 4.69. The van der Waals surface area contributed by atoms with Crippen molar-refractivity contribution in [3.8, 4) is 5.75 Å². The number of benzene rings is 4. The molecule has 1 heterocycles. The Hall–Kier alpha value is -3.63. The van der Waals surface area contributed by atoms with Crippen LogP contribution >= 0.6 is 15.9 Å². The number of hydrogen-bond donors (Lipinski definition) is 1. The number of ether oxygens (including phenoxy) is 1. The van der Waals surface area contributed by atoms with Crippen molar-refractivity contribution >= 4 is 33.5 Å². The Morgan fingerprint density at radius 2 is 1.67 bits per heavy atom. The molecule has 3 atom stereocenters. The van der Waals surface area contributed by atoms with E-state index < -0.39 is 0 Å². The molecule has 0 unspecified atom stereocenters. The van der Waals surface area contributed by atoms with Gasteiger partial charge in [0.2, 0.25) is 0 Å². The number of hydrogen-bond acceptors (Lipinski definition) is 3. The lowest BCUT2D eigenvalue weighted by atomic mass is 9.77. The molecule has 1 N–H and O–H groups in total. The summed E-state index contributed by atoms with van der Waals surface area (Å²) in [6, 6.07) is 33.9. The molecule has 0 fully saturated rings. The van der Waals surface area contributed by atoms with Crippen LogP contribution in [0.1, 0.15) is 40.6 Å². The molecular weight excluding hydrogens is 508 g/mol. The SMILES string of the molecule is Brc1ccc(COc2ccc(C=Nc3ccc([C@@H]4Nc5ccccc5[C@H]5C=CC[C@H]54)cc3)cc2)cc1. The number of para-hydroxylation sites is 1. The van der Waals surface area contributed by atoms with E-state index in [1.165, 1.54) is 16.8 Å². The van der Waals surface area contributed by atoms with Crippen LogP contribution in [0.5, 0.6) is 5.75 Å². The second kappa shape index (κ2) is 10.2. The molecule has 4 aromatic rings. The van der Waals surface area contributed by atoms with Crippen LogP contribution in [-0.2, 0) is 6.61 Å². The quantitative estimate of drug-likeness (QED) is 0.198. The van der Waals surface area contributed by atoms with Gasteiger partial charge in [-0.15, -0.1) is 0 Å². The maximum atomic E-state index is 5.90.